The molecule has 1 aromatic heterocycles. The molecule has 4 rings (SSSR count). The number of piperazine rings is 1. The summed E-state index contributed by atoms with van der Waals surface area (Å²) >= 11 is 1.70. The van der Waals surface area contributed by atoms with Gasteiger partial charge in [0.15, 0.2) is 0 Å². The molecule has 3 heterocycles. The number of hydrogen-bond acceptors (Lipinski definition) is 4. The maximum Gasteiger partial charge on any atom is 0.264 e. The fourth-order valence-electron chi connectivity index (χ4n) is 4.47. The second-order valence-corrected chi connectivity index (χ2v) is 9.27. The molecule has 6 heteroatoms. The van der Waals surface area contributed by atoms with E-state index in [4.69, 9.17) is 0 Å². The number of fused-ring (bicyclic) bond motifs is 1. The van der Waals surface area contributed by atoms with Crippen molar-refractivity contribution < 1.29 is 9.59 Å². The third-order valence-corrected chi connectivity index (χ3v) is 7.41. The first-order valence-corrected chi connectivity index (χ1v) is 11.4. The second kappa shape index (κ2) is 8.74. The molecular weight excluding hydrogens is 358 g/mol. The average Bonchev–Trinajstić information content (AvgIpc) is 2.94. The van der Waals surface area contributed by atoms with Gasteiger partial charge in [-0.3, -0.25) is 14.5 Å². The van der Waals surface area contributed by atoms with Gasteiger partial charge in [0.05, 0.1) is 11.4 Å². The highest BCUT2D eigenvalue weighted by Crippen LogP contribution is 2.30. The number of nitrogens with zero attached hydrogens (tertiary/aromatic N) is 3. The summed E-state index contributed by atoms with van der Waals surface area (Å²) in [4.78, 5) is 34.0. The fraction of sp³-hybridized carbons (Fsp3) is 0.714. The van der Waals surface area contributed by atoms with E-state index in [2.05, 4.69) is 11.0 Å². The van der Waals surface area contributed by atoms with Gasteiger partial charge in [-0.2, -0.15) is 0 Å². The molecule has 0 saturated carbocycles. The minimum atomic E-state index is 0.188. The zero-order valence-corrected chi connectivity index (χ0v) is 17.1. The summed E-state index contributed by atoms with van der Waals surface area (Å²) in [6.45, 7) is 5.41. The first kappa shape index (κ1) is 18.9. The summed E-state index contributed by atoms with van der Waals surface area (Å²) < 4.78 is 0. The van der Waals surface area contributed by atoms with Crippen molar-refractivity contribution in [3.63, 3.8) is 0 Å². The van der Waals surface area contributed by atoms with Gasteiger partial charge in [-0.15, -0.1) is 11.3 Å². The summed E-state index contributed by atoms with van der Waals surface area (Å²) in [5.74, 6) is 0.454. The molecule has 0 unspecified atom stereocenters. The predicted octanol–water partition coefficient (Wildman–Crippen LogP) is 2.79. The minimum absolute atomic E-state index is 0.188. The van der Waals surface area contributed by atoms with E-state index in [1.165, 1.54) is 36.1 Å². The Hall–Kier alpha value is -1.40. The molecule has 3 aliphatic rings. The van der Waals surface area contributed by atoms with E-state index >= 15 is 0 Å². The SMILES string of the molecule is O=C(CN1CCN(C(=O)c2cc3c(s2)CCCC3)CC1)N1CCCCCC1. The Morgan fingerprint density at radius 2 is 1.52 bits per heavy atom. The van der Waals surface area contributed by atoms with Crippen molar-refractivity contribution in [1.82, 2.24) is 14.7 Å². The number of carbonyl (C=O) groups is 2. The molecular formula is C21H31N3O2S. The lowest BCUT2D eigenvalue weighted by Crippen LogP contribution is -2.51. The summed E-state index contributed by atoms with van der Waals surface area (Å²) in [6, 6.07) is 2.14. The van der Waals surface area contributed by atoms with Crippen LogP contribution in [0.15, 0.2) is 6.07 Å². The van der Waals surface area contributed by atoms with Crippen LogP contribution in [0.1, 0.15) is 58.6 Å². The molecule has 5 nitrogen and oxygen atoms in total. The van der Waals surface area contributed by atoms with E-state index in [1.807, 2.05) is 9.80 Å². The van der Waals surface area contributed by atoms with Crippen LogP contribution in [0.25, 0.3) is 0 Å². The van der Waals surface area contributed by atoms with Crippen molar-refractivity contribution in [3.05, 3.63) is 21.4 Å². The quantitative estimate of drug-likeness (QED) is 0.798. The lowest BCUT2D eigenvalue weighted by Gasteiger charge is -2.35. The van der Waals surface area contributed by atoms with Crippen molar-refractivity contribution in [1.29, 1.82) is 0 Å². The number of likely N-dealkylation sites (tertiary alicyclic amines) is 1. The van der Waals surface area contributed by atoms with Gasteiger partial charge in [0.2, 0.25) is 5.91 Å². The zero-order chi connectivity index (χ0) is 18.6. The van der Waals surface area contributed by atoms with Crippen LogP contribution in [0.5, 0.6) is 0 Å². The number of rotatable bonds is 3. The Balaban J connectivity index is 1.27. The summed E-state index contributed by atoms with van der Waals surface area (Å²) in [6.07, 6.45) is 9.54. The third-order valence-electron chi connectivity index (χ3n) is 6.18. The molecule has 2 amide bonds. The topological polar surface area (TPSA) is 43.9 Å². The Morgan fingerprint density at radius 1 is 0.815 bits per heavy atom. The highest BCUT2D eigenvalue weighted by molar-refractivity contribution is 7.14. The van der Waals surface area contributed by atoms with E-state index in [1.54, 1.807) is 11.3 Å². The molecule has 2 saturated heterocycles. The molecule has 0 N–H and O–H groups in total. The smallest absolute Gasteiger partial charge is 0.264 e. The molecule has 0 aromatic carbocycles. The third kappa shape index (κ3) is 4.54. The normalized spacial score (nSPS) is 21.6. The van der Waals surface area contributed by atoms with Gasteiger partial charge in [-0.25, -0.2) is 0 Å². The van der Waals surface area contributed by atoms with Crippen LogP contribution in [0.4, 0.5) is 0 Å². The van der Waals surface area contributed by atoms with Crippen LogP contribution >= 0.6 is 11.3 Å². The average molecular weight is 390 g/mol. The molecule has 2 fully saturated rings. The fourth-order valence-corrected chi connectivity index (χ4v) is 5.69. The molecule has 0 atom stereocenters. The van der Waals surface area contributed by atoms with Crippen LogP contribution in [0.2, 0.25) is 0 Å². The van der Waals surface area contributed by atoms with E-state index in [0.717, 1.165) is 69.8 Å². The molecule has 148 valence electrons. The van der Waals surface area contributed by atoms with Gasteiger partial charge in [-0.05, 0) is 50.2 Å². The van der Waals surface area contributed by atoms with Crippen LogP contribution in [0, 0.1) is 0 Å². The second-order valence-electron chi connectivity index (χ2n) is 8.13. The van der Waals surface area contributed by atoms with Crippen molar-refractivity contribution in [2.45, 2.75) is 51.4 Å². The maximum absolute atomic E-state index is 12.9. The predicted molar refractivity (Wildman–Crippen MR) is 108 cm³/mol. The highest BCUT2D eigenvalue weighted by atomic mass is 32.1. The minimum Gasteiger partial charge on any atom is -0.342 e. The van der Waals surface area contributed by atoms with Crippen molar-refractivity contribution in [2.75, 3.05) is 45.8 Å². The number of hydrogen-bond donors (Lipinski definition) is 0. The molecule has 1 aliphatic carbocycles. The van der Waals surface area contributed by atoms with E-state index in [0.29, 0.717) is 6.54 Å². The van der Waals surface area contributed by atoms with Crippen molar-refractivity contribution >= 4 is 23.2 Å². The van der Waals surface area contributed by atoms with Crippen LogP contribution < -0.4 is 0 Å². The van der Waals surface area contributed by atoms with Crippen LogP contribution in [-0.4, -0.2) is 72.3 Å². The summed E-state index contributed by atoms with van der Waals surface area (Å²) in [5.41, 5.74) is 1.40. The summed E-state index contributed by atoms with van der Waals surface area (Å²) in [5, 5.41) is 0. The number of thiophene rings is 1. The molecule has 2 aliphatic heterocycles. The van der Waals surface area contributed by atoms with Gasteiger partial charge >= 0.3 is 0 Å². The van der Waals surface area contributed by atoms with Gasteiger partial charge in [0, 0.05) is 44.1 Å². The van der Waals surface area contributed by atoms with E-state index < -0.39 is 0 Å². The van der Waals surface area contributed by atoms with Gasteiger partial charge in [0.1, 0.15) is 0 Å². The standard InChI is InChI=1S/C21H31N3O2S/c25-20(23-9-5-1-2-6-10-23)16-22-11-13-24(14-12-22)21(26)19-15-17-7-3-4-8-18(17)27-19/h15H,1-14,16H2. The lowest BCUT2D eigenvalue weighted by atomic mass is 9.99. The summed E-state index contributed by atoms with van der Waals surface area (Å²) in [7, 11) is 0. The largest absolute Gasteiger partial charge is 0.342 e. The van der Waals surface area contributed by atoms with Crippen molar-refractivity contribution in [2.24, 2.45) is 0 Å². The number of carbonyl (C=O) groups excluding carboxylic acids is 2. The Bertz CT molecular complexity index is 647. The lowest BCUT2D eigenvalue weighted by molar-refractivity contribution is -0.132. The van der Waals surface area contributed by atoms with Gasteiger partial charge in [0.25, 0.3) is 5.91 Å². The monoisotopic (exact) mass is 389 g/mol. The Morgan fingerprint density at radius 3 is 2.22 bits per heavy atom. The molecule has 0 radical (unpaired) electrons. The van der Waals surface area contributed by atoms with Gasteiger partial charge in [-0.1, -0.05) is 12.8 Å². The first-order chi connectivity index (χ1) is 13.2. The zero-order valence-electron chi connectivity index (χ0n) is 16.3. The first-order valence-electron chi connectivity index (χ1n) is 10.6. The maximum atomic E-state index is 12.9. The van der Waals surface area contributed by atoms with E-state index in [-0.39, 0.29) is 11.8 Å². The molecule has 0 bridgehead atoms. The molecule has 0 spiro atoms. The highest BCUT2D eigenvalue weighted by Gasteiger charge is 2.27. The Kier molecular flexibility index (Phi) is 6.13. The van der Waals surface area contributed by atoms with E-state index in [9.17, 15) is 9.59 Å². The Labute approximate surface area is 166 Å². The van der Waals surface area contributed by atoms with Gasteiger partial charge < -0.3 is 9.80 Å². The molecule has 1 aromatic rings. The number of aryl methyl sites for hydroxylation is 2. The molecule has 27 heavy (non-hydrogen) atoms. The number of amides is 2. The van der Waals surface area contributed by atoms with Crippen molar-refractivity contribution in [3.8, 4) is 0 Å². The van der Waals surface area contributed by atoms with Crippen LogP contribution in [0.3, 0.4) is 0 Å². The van der Waals surface area contributed by atoms with Crippen LogP contribution in [-0.2, 0) is 17.6 Å².